The molecule has 0 fully saturated rings. The fourth-order valence-electron chi connectivity index (χ4n) is 2.47. The molecule has 3 rings (SSSR count). The smallest absolute Gasteiger partial charge is 0.287 e. The predicted molar refractivity (Wildman–Crippen MR) is 103 cm³/mol. The Bertz CT molecular complexity index is 981. The van der Waals surface area contributed by atoms with Gasteiger partial charge in [0.1, 0.15) is 5.75 Å². The number of rotatable bonds is 6. The topological polar surface area (TPSA) is 61.2 Å². The highest BCUT2D eigenvalue weighted by molar-refractivity contribution is 7.99. The summed E-state index contributed by atoms with van der Waals surface area (Å²) in [6, 6.07) is 14.6. The molecule has 0 saturated heterocycles. The molecule has 0 saturated carbocycles. The number of ether oxygens (including phenoxy) is 1. The summed E-state index contributed by atoms with van der Waals surface area (Å²) in [5.74, 6) is 0.706. The summed E-state index contributed by atoms with van der Waals surface area (Å²) in [4.78, 5) is 29.2. The molecule has 6 heteroatoms. The van der Waals surface area contributed by atoms with Crippen molar-refractivity contribution in [2.75, 3.05) is 12.9 Å². The maximum atomic E-state index is 12.7. The molecule has 0 atom stereocenters. The molecule has 132 valence electrons. The highest BCUT2D eigenvalue weighted by Crippen LogP contribution is 2.21. The van der Waals surface area contributed by atoms with Crippen LogP contribution in [0.1, 0.15) is 15.9 Å². The first kappa shape index (κ1) is 17.9. The van der Waals surface area contributed by atoms with Crippen LogP contribution in [0.5, 0.6) is 5.75 Å². The molecule has 0 unspecified atom stereocenters. The van der Waals surface area contributed by atoms with Crippen molar-refractivity contribution in [3.8, 4) is 11.4 Å². The Morgan fingerprint density at radius 3 is 2.62 bits per heavy atom. The van der Waals surface area contributed by atoms with E-state index >= 15 is 0 Å². The zero-order valence-electron chi connectivity index (χ0n) is 14.5. The Morgan fingerprint density at radius 2 is 1.88 bits per heavy atom. The number of aromatic nitrogens is 2. The lowest BCUT2D eigenvalue weighted by Gasteiger charge is -2.11. The fraction of sp³-hybridized carbons (Fsp3) is 0.150. The third-order valence-electron chi connectivity index (χ3n) is 3.87. The summed E-state index contributed by atoms with van der Waals surface area (Å²) >= 11 is 1.14. The van der Waals surface area contributed by atoms with Crippen molar-refractivity contribution in [3.63, 3.8) is 0 Å². The number of aryl methyl sites for hydroxylation is 1. The van der Waals surface area contributed by atoms with Crippen LogP contribution in [0.15, 0.2) is 70.7 Å². The van der Waals surface area contributed by atoms with E-state index in [0.29, 0.717) is 17.0 Å². The zero-order valence-corrected chi connectivity index (χ0v) is 15.3. The molecule has 26 heavy (non-hydrogen) atoms. The van der Waals surface area contributed by atoms with E-state index in [-0.39, 0.29) is 22.1 Å². The van der Waals surface area contributed by atoms with E-state index in [9.17, 15) is 9.59 Å². The first-order valence-corrected chi connectivity index (χ1v) is 9.02. The standard InChI is InChI=1S/C20H18N2O3S/c1-14-7-9-15(10-8-14)17(23)13-26-19-20(24)22(12-11-21-19)16-5-3-4-6-18(16)25-2/h3-12H,13H2,1-2H3. The van der Waals surface area contributed by atoms with Crippen LogP contribution < -0.4 is 10.3 Å². The van der Waals surface area contributed by atoms with E-state index in [0.717, 1.165) is 17.3 Å². The summed E-state index contributed by atoms with van der Waals surface area (Å²) in [5.41, 5.74) is 2.08. The molecular formula is C20H18N2O3S. The van der Waals surface area contributed by atoms with Gasteiger partial charge < -0.3 is 4.74 Å². The second-order valence-electron chi connectivity index (χ2n) is 5.66. The molecule has 1 heterocycles. The van der Waals surface area contributed by atoms with Crippen molar-refractivity contribution in [3.05, 3.63) is 82.4 Å². The molecule has 5 nitrogen and oxygen atoms in total. The average molecular weight is 366 g/mol. The van der Waals surface area contributed by atoms with Crippen LogP contribution in [0.2, 0.25) is 0 Å². The minimum Gasteiger partial charge on any atom is -0.495 e. The number of carbonyl (C=O) groups is 1. The zero-order chi connectivity index (χ0) is 18.5. The molecular weight excluding hydrogens is 348 g/mol. The highest BCUT2D eigenvalue weighted by atomic mass is 32.2. The predicted octanol–water partition coefficient (Wildman–Crippen LogP) is 3.52. The van der Waals surface area contributed by atoms with Gasteiger partial charge in [-0.3, -0.25) is 14.2 Å². The minimum atomic E-state index is -0.279. The van der Waals surface area contributed by atoms with Gasteiger partial charge in [-0.05, 0) is 19.1 Å². The molecule has 1 aromatic heterocycles. The third-order valence-corrected chi connectivity index (χ3v) is 4.83. The Labute approximate surface area is 155 Å². The van der Waals surface area contributed by atoms with Crippen molar-refractivity contribution >= 4 is 17.5 Å². The summed E-state index contributed by atoms with van der Waals surface area (Å²) in [7, 11) is 1.56. The van der Waals surface area contributed by atoms with Gasteiger partial charge in [0.15, 0.2) is 10.8 Å². The Morgan fingerprint density at radius 1 is 1.15 bits per heavy atom. The Kier molecular flexibility index (Phi) is 5.53. The van der Waals surface area contributed by atoms with Crippen molar-refractivity contribution in [2.45, 2.75) is 11.9 Å². The molecule has 0 N–H and O–H groups in total. The van der Waals surface area contributed by atoms with E-state index < -0.39 is 0 Å². The summed E-state index contributed by atoms with van der Waals surface area (Å²) in [5, 5.41) is 0.277. The van der Waals surface area contributed by atoms with Crippen molar-refractivity contribution in [1.82, 2.24) is 9.55 Å². The highest BCUT2D eigenvalue weighted by Gasteiger charge is 2.13. The molecule has 3 aromatic rings. The lowest BCUT2D eigenvalue weighted by atomic mass is 10.1. The Balaban J connectivity index is 1.83. The quantitative estimate of drug-likeness (QED) is 0.493. The summed E-state index contributed by atoms with van der Waals surface area (Å²) in [6.45, 7) is 1.97. The summed E-state index contributed by atoms with van der Waals surface area (Å²) < 4.78 is 6.80. The molecule has 0 spiro atoms. The van der Waals surface area contributed by atoms with Crippen LogP contribution in [-0.4, -0.2) is 28.2 Å². The number of methoxy groups -OCH3 is 1. The monoisotopic (exact) mass is 366 g/mol. The first-order valence-electron chi connectivity index (χ1n) is 8.04. The number of hydrogen-bond donors (Lipinski definition) is 0. The van der Waals surface area contributed by atoms with E-state index in [1.165, 1.54) is 4.57 Å². The molecule has 0 radical (unpaired) electrons. The number of ketones is 1. The van der Waals surface area contributed by atoms with Gasteiger partial charge in [-0.25, -0.2) is 4.98 Å². The molecule has 0 amide bonds. The van der Waals surface area contributed by atoms with Crippen molar-refractivity contribution in [2.24, 2.45) is 0 Å². The van der Waals surface area contributed by atoms with E-state index in [2.05, 4.69) is 4.98 Å². The van der Waals surface area contributed by atoms with Gasteiger partial charge in [-0.2, -0.15) is 0 Å². The number of para-hydroxylation sites is 2. The number of hydrogen-bond acceptors (Lipinski definition) is 5. The van der Waals surface area contributed by atoms with Gasteiger partial charge in [-0.1, -0.05) is 53.7 Å². The van der Waals surface area contributed by atoms with Gasteiger partial charge in [0.2, 0.25) is 0 Å². The number of nitrogens with zero attached hydrogens (tertiary/aromatic N) is 2. The van der Waals surface area contributed by atoms with Crippen LogP contribution in [0.3, 0.4) is 0 Å². The molecule has 0 bridgehead atoms. The fourth-order valence-corrected chi connectivity index (χ4v) is 3.26. The van der Waals surface area contributed by atoms with E-state index in [1.54, 1.807) is 43.8 Å². The Hall–Kier alpha value is -2.86. The van der Waals surface area contributed by atoms with Crippen molar-refractivity contribution < 1.29 is 9.53 Å². The molecule has 0 aliphatic rings. The SMILES string of the molecule is COc1ccccc1-n1ccnc(SCC(=O)c2ccc(C)cc2)c1=O. The van der Waals surface area contributed by atoms with E-state index in [4.69, 9.17) is 4.74 Å². The average Bonchev–Trinajstić information content (AvgIpc) is 2.67. The summed E-state index contributed by atoms with van der Waals surface area (Å²) in [6.07, 6.45) is 3.14. The van der Waals surface area contributed by atoms with E-state index in [1.807, 2.05) is 31.2 Å². The van der Waals surface area contributed by atoms with Gasteiger partial charge >= 0.3 is 0 Å². The normalized spacial score (nSPS) is 10.5. The molecule has 0 aliphatic heterocycles. The van der Waals surface area contributed by atoms with Gasteiger partial charge in [-0.15, -0.1) is 0 Å². The maximum Gasteiger partial charge on any atom is 0.287 e. The largest absolute Gasteiger partial charge is 0.495 e. The van der Waals surface area contributed by atoms with Crippen LogP contribution in [-0.2, 0) is 0 Å². The second kappa shape index (κ2) is 8.01. The number of benzene rings is 2. The van der Waals surface area contributed by atoms with Crippen LogP contribution >= 0.6 is 11.8 Å². The molecule has 0 aliphatic carbocycles. The lowest BCUT2D eigenvalue weighted by Crippen LogP contribution is -2.21. The molecule has 2 aromatic carbocycles. The first-order chi connectivity index (χ1) is 12.6. The van der Waals surface area contributed by atoms with Crippen LogP contribution in [0.25, 0.3) is 5.69 Å². The number of Topliss-reactive ketones (excluding diaryl/α,β-unsaturated/α-hetero) is 1. The number of carbonyl (C=O) groups excluding carboxylic acids is 1. The van der Waals surface area contributed by atoms with Gasteiger partial charge in [0, 0.05) is 18.0 Å². The lowest BCUT2D eigenvalue weighted by molar-refractivity contribution is 0.102. The van der Waals surface area contributed by atoms with Gasteiger partial charge in [0.25, 0.3) is 5.56 Å². The van der Waals surface area contributed by atoms with Gasteiger partial charge in [0.05, 0.1) is 18.6 Å². The number of thioether (sulfide) groups is 1. The maximum absolute atomic E-state index is 12.7. The van der Waals surface area contributed by atoms with Crippen LogP contribution in [0.4, 0.5) is 0 Å². The minimum absolute atomic E-state index is 0.0381. The van der Waals surface area contributed by atoms with Crippen LogP contribution in [0, 0.1) is 6.92 Å². The third kappa shape index (κ3) is 3.86. The second-order valence-corrected chi connectivity index (χ2v) is 6.62. The van der Waals surface area contributed by atoms with Crippen molar-refractivity contribution in [1.29, 1.82) is 0 Å².